The van der Waals surface area contributed by atoms with Gasteiger partial charge >= 0.3 is 0 Å². The Morgan fingerprint density at radius 1 is 1.00 bits per heavy atom. The molecular weight excluding hydrogens is 521 g/mol. The number of anilines is 1. The molecule has 0 radical (unpaired) electrons. The van der Waals surface area contributed by atoms with Gasteiger partial charge in [0.05, 0.1) is 22.0 Å². The maximum atomic E-state index is 13.6. The number of amides is 2. The van der Waals surface area contributed by atoms with Gasteiger partial charge in [0.1, 0.15) is 12.6 Å². The van der Waals surface area contributed by atoms with Gasteiger partial charge in [-0.2, -0.15) is 0 Å². The molecule has 2 amide bonds. The van der Waals surface area contributed by atoms with E-state index in [4.69, 9.17) is 34.8 Å². The molecule has 0 aliphatic heterocycles. The predicted molar refractivity (Wildman–Crippen MR) is 138 cm³/mol. The predicted octanol–water partition coefficient (Wildman–Crippen LogP) is 4.74. The molecule has 0 aliphatic carbocycles. The number of rotatable bonds is 10. The van der Waals surface area contributed by atoms with E-state index in [1.165, 1.54) is 23.1 Å². The van der Waals surface area contributed by atoms with Gasteiger partial charge in [-0.05, 0) is 50.1 Å². The molecule has 1 N–H and O–H groups in total. The zero-order valence-corrected chi connectivity index (χ0v) is 22.5. The molecule has 2 rings (SSSR count). The van der Waals surface area contributed by atoms with Crippen LogP contribution in [0.4, 0.5) is 5.69 Å². The summed E-state index contributed by atoms with van der Waals surface area (Å²) in [5.41, 5.74) is 0.816. The molecule has 0 fully saturated rings. The van der Waals surface area contributed by atoms with E-state index in [1.54, 1.807) is 31.2 Å². The van der Waals surface area contributed by atoms with Crippen LogP contribution in [0.3, 0.4) is 0 Å². The van der Waals surface area contributed by atoms with Gasteiger partial charge in [0.2, 0.25) is 21.8 Å². The Bertz CT molecular complexity index is 1140. The minimum Gasteiger partial charge on any atom is -0.352 e. The van der Waals surface area contributed by atoms with Crippen molar-refractivity contribution in [3.63, 3.8) is 0 Å². The highest BCUT2D eigenvalue weighted by Crippen LogP contribution is 2.29. The van der Waals surface area contributed by atoms with Crippen LogP contribution in [0.1, 0.15) is 32.8 Å². The second-order valence-corrected chi connectivity index (χ2v) is 11.2. The van der Waals surface area contributed by atoms with Gasteiger partial charge in [-0.15, -0.1) is 0 Å². The summed E-state index contributed by atoms with van der Waals surface area (Å²) in [4.78, 5) is 27.9. The normalized spacial score (nSPS) is 12.4. The van der Waals surface area contributed by atoms with Crippen LogP contribution >= 0.6 is 34.8 Å². The molecule has 0 spiro atoms. The second-order valence-electron chi connectivity index (χ2n) is 8.07. The number of halogens is 3. The van der Waals surface area contributed by atoms with Crippen molar-refractivity contribution in [3.05, 3.63) is 63.1 Å². The number of sulfonamides is 1. The van der Waals surface area contributed by atoms with Gasteiger partial charge in [0.25, 0.3) is 0 Å². The summed E-state index contributed by atoms with van der Waals surface area (Å²) >= 11 is 18.4. The Balaban J connectivity index is 2.48. The van der Waals surface area contributed by atoms with E-state index in [9.17, 15) is 18.0 Å². The Labute approximate surface area is 216 Å². The fourth-order valence-corrected chi connectivity index (χ4v) is 4.69. The lowest BCUT2D eigenvalue weighted by Gasteiger charge is -2.33. The van der Waals surface area contributed by atoms with Crippen molar-refractivity contribution >= 4 is 62.3 Å². The molecule has 0 heterocycles. The van der Waals surface area contributed by atoms with Crippen molar-refractivity contribution in [2.24, 2.45) is 0 Å². The van der Waals surface area contributed by atoms with Crippen LogP contribution in [-0.4, -0.2) is 50.0 Å². The first-order valence-corrected chi connectivity index (χ1v) is 13.6. The molecule has 2 aromatic rings. The quantitative estimate of drug-likeness (QED) is 0.464. The Kier molecular flexibility index (Phi) is 10.1. The van der Waals surface area contributed by atoms with Crippen LogP contribution in [0.2, 0.25) is 15.1 Å². The summed E-state index contributed by atoms with van der Waals surface area (Å²) in [6.07, 6.45) is 1.31. The van der Waals surface area contributed by atoms with Crippen LogP contribution < -0.4 is 9.62 Å². The molecule has 0 saturated heterocycles. The van der Waals surface area contributed by atoms with E-state index in [-0.39, 0.29) is 34.2 Å². The van der Waals surface area contributed by atoms with Gasteiger partial charge in [0, 0.05) is 17.6 Å². The largest absolute Gasteiger partial charge is 0.352 e. The SMILES string of the molecule is CCC(C(=O)NC(C)C)N(Cc1ccccc1Cl)C(=O)CN(c1ccc(Cl)c(Cl)c1)S(C)(=O)=O. The molecular formula is C23H28Cl3N3O4S. The van der Waals surface area contributed by atoms with E-state index < -0.39 is 28.5 Å². The van der Waals surface area contributed by atoms with Gasteiger partial charge in [0.15, 0.2) is 0 Å². The number of hydrogen-bond acceptors (Lipinski definition) is 4. The highest BCUT2D eigenvalue weighted by atomic mass is 35.5. The first-order chi connectivity index (χ1) is 15.8. The zero-order chi connectivity index (χ0) is 25.6. The number of carbonyl (C=O) groups is 2. The Hall–Kier alpha value is -2.00. The summed E-state index contributed by atoms with van der Waals surface area (Å²) in [7, 11) is -3.87. The minimum atomic E-state index is -3.87. The molecule has 0 saturated carbocycles. The standard InChI is InChI=1S/C23H28Cl3N3O4S/c1-5-21(23(31)27-15(2)3)28(13-16-8-6-7-9-18(16)24)22(30)14-29(34(4,32)33)17-10-11-19(25)20(26)12-17/h6-12,15,21H,5,13-14H2,1-4H3,(H,27,31). The van der Waals surface area contributed by atoms with Gasteiger partial charge < -0.3 is 10.2 Å². The van der Waals surface area contributed by atoms with Crippen molar-refractivity contribution < 1.29 is 18.0 Å². The first-order valence-electron chi connectivity index (χ1n) is 10.6. The monoisotopic (exact) mass is 547 g/mol. The summed E-state index contributed by atoms with van der Waals surface area (Å²) in [5, 5.41) is 3.66. The summed E-state index contributed by atoms with van der Waals surface area (Å²) < 4.78 is 26.1. The smallest absolute Gasteiger partial charge is 0.244 e. The van der Waals surface area contributed by atoms with Crippen molar-refractivity contribution in [3.8, 4) is 0 Å². The third-order valence-electron chi connectivity index (χ3n) is 4.99. The molecule has 2 aromatic carbocycles. The fourth-order valence-electron chi connectivity index (χ4n) is 3.36. The van der Waals surface area contributed by atoms with E-state index in [0.717, 1.165) is 10.6 Å². The van der Waals surface area contributed by atoms with Crippen molar-refractivity contribution in [2.75, 3.05) is 17.1 Å². The number of nitrogens with one attached hydrogen (secondary N) is 1. The third-order valence-corrected chi connectivity index (χ3v) is 7.23. The van der Waals surface area contributed by atoms with Crippen LogP contribution in [0.15, 0.2) is 42.5 Å². The average molecular weight is 549 g/mol. The first kappa shape index (κ1) is 28.2. The Morgan fingerprint density at radius 2 is 1.65 bits per heavy atom. The maximum absolute atomic E-state index is 13.6. The van der Waals surface area contributed by atoms with Crippen LogP contribution in [-0.2, 0) is 26.2 Å². The van der Waals surface area contributed by atoms with E-state index in [2.05, 4.69) is 5.32 Å². The molecule has 0 aromatic heterocycles. The fraction of sp³-hybridized carbons (Fsp3) is 0.391. The van der Waals surface area contributed by atoms with Gasteiger partial charge in [-0.1, -0.05) is 59.9 Å². The van der Waals surface area contributed by atoms with Crippen molar-refractivity contribution in [1.29, 1.82) is 0 Å². The number of nitrogens with zero attached hydrogens (tertiary/aromatic N) is 2. The average Bonchev–Trinajstić information content (AvgIpc) is 2.73. The van der Waals surface area contributed by atoms with Crippen LogP contribution in [0, 0.1) is 0 Å². The molecule has 34 heavy (non-hydrogen) atoms. The van der Waals surface area contributed by atoms with Gasteiger partial charge in [-0.25, -0.2) is 8.42 Å². The lowest BCUT2D eigenvalue weighted by atomic mass is 10.1. The van der Waals surface area contributed by atoms with E-state index >= 15 is 0 Å². The molecule has 11 heteroatoms. The molecule has 0 aliphatic rings. The van der Waals surface area contributed by atoms with Crippen molar-refractivity contribution in [1.82, 2.24) is 10.2 Å². The lowest BCUT2D eigenvalue weighted by molar-refractivity contribution is -0.140. The summed E-state index contributed by atoms with van der Waals surface area (Å²) in [6, 6.07) is 10.3. The Morgan fingerprint density at radius 3 is 2.18 bits per heavy atom. The highest BCUT2D eigenvalue weighted by molar-refractivity contribution is 7.92. The topological polar surface area (TPSA) is 86.8 Å². The van der Waals surface area contributed by atoms with E-state index in [0.29, 0.717) is 17.0 Å². The van der Waals surface area contributed by atoms with Crippen LogP contribution in [0.5, 0.6) is 0 Å². The zero-order valence-electron chi connectivity index (χ0n) is 19.4. The lowest BCUT2D eigenvalue weighted by Crippen LogP contribution is -2.53. The van der Waals surface area contributed by atoms with Crippen LogP contribution in [0.25, 0.3) is 0 Å². The minimum absolute atomic E-state index is 0.0293. The van der Waals surface area contributed by atoms with Gasteiger partial charge in [-0.3, -0.25) is 13.9 Å². The third kappa shape index (κ3) is 7.50. The van der Waals surface area contributed by atoms with Crippen molar-refractivity contribution in [2.45, 2.75) is 45.8 Å². The molecule has 0 bridgehead atoms. The number of hydrogen-bond donors (Lipinski definition) is 1. The summed E-state index contributed by atoms with van der Waals surface area (Å²) in [6.45, 7) is 4.92. The number of benzene rings is 2. The number of carbonyl (C=O) groups excluding carboxylic acids is 2. The molecule has 7 nitrogen and oxygen atoms in total. The molecule has 1 atom stereocenters. The maximum Gasteiger partial charge on any atom is 0.244 e. The molecule has 186 valence electrons. The highest BCUT2D eigenvalue weighted by Gasteiger charge is 2.32. The molecule has 1 unspecified atom stereocenters. The van der Waals surface area contributed by atoms with E-state index in [1.807, 2.05) is 13.8 Å². The summed E-state index contributed by atoms with van der Waals surface area (Å²) in [5.74, 6) is -0.902. The second kappa shape index (κ2) is 12.1.